The van der Waals surface area contributed by atoms with Crippen molar-refractivity contribution in [3.8, 4) is 5.75 Å². The van der Waals surface area contributed by atoms with Gasteiger partial charge in [-0.05, 0) is 43.2 Å². The van der Waals surface area contributed by atoms with Crippen molar-refractivity contribution >= 4 is 49.6 Å². The van der Waals surface area contributed by atoms with Crippen LogP contribution in [0.1, 0.15) is 53.6 Å². The van der Waals surface area contributed by atoms with E-state index in [-0.39, 0.29) is 5.82 Å². The summed E-state index contributed by atoms with van der Waals surface area (Å²) >= 11 is 9.43. The molecular formula is C20H20ClFO2S2. The molecule has 0 aliphatic rings. The molecule has 3 rings (SSSR count). The lowest BCUT2D eigenvalue weighted by Crippen LogP contribution is -2.06. The molecule has 6 heteroatoms. The topological polar surface area (TPSA) is 26.3 Å². The summed E-state index contributed by atoms with van der Waals surface area (Å²) in [5.74, 6) is -0.574. The lowest BCUT2D eigenvalue weighted by atomic mass is 10.1. The fourth-order valence-electron chi connectivity index (χ4n) is 2.72. The number of carbonyl (C=O) groups excluding carboxylic acids is 1. The molecule has 0 aliphatic heterocycles. The first-order chi connectivity index (χ1) is 12.6. The summed E-state index contributed by atoms with van der Waals surface area (Å²) in [6.07, 6.45) is 7.33. The zero-order valence-electron chi connectivity index (χ0n) is 14.5. The van der Waals surface area contributed by atoms with Gasteiger partial charge in [0.2, 0.25) is 0 Å². The van der Waals surface area contributed by atoms with Crippen LogP contribution in [0.4, 0.5) is 4.39 Å². The molecule has 0 radical (unpaired) electrons. The van der Waals surface area contributed by atoms with Gasteiger partial charge in [0.1, 0.15) is 16.4 Å². The van der Waals surface area contributed by atoms with E-state index in [2.05, 4.69) is 13.0 Å². The number of fused-ring (bicyclic) bond motifs is 1. The first kappa shape index (κ1) is 19.3. The lowest BCUT2D eigenvalue weighted by molar-refractivity contribution is 0.0740. The van der Waals surface area contributed by atoms with Crippen molar-refractivity contribution in [2.45, 2.75) is 45.4 Å². The van der Waals surface area contributed by atoms with Crippen molar-refractivity contribution in [3.05, 3.63) is 50.9 Å². The predicted octanol–water partition coefficient (Wildman–Crippen LogP) is 7.49. The predicted molar refractivity (Wildman–Crippen MR) is 109 cm³/mol. The Kier molecular flexibility index (Phi) is 6.68. The molecule has 0 bridgehead atoms. The van der Waals surface area contributed by atoms with E-state index >= 15 is 0 Å². The van der Waals surface area contributed by atoms with Gasteiger partial charge in [-0.2, -0.15) is 0 Å². The summed E-state index contributed by atoms with van der Waals surface area (Å²) in [6, 6.07) is 7.49. The van der Waals surface area contributed by atoms with Gasteiger partial charge in [-0.25, -0.2) is 9.18 Å². The molecule has 2 heterocycles. The molecule has 1 aromatic carbocycles. The number of esters is 1. The van der Waals surface area contributed by atoms with Gasteiger partial charge in [-0.15, -0.1) is 22.7 Å². The summed E-state index contributed by atoms with van der Waals surface area (Å²) in [5.41, 5.74) is 0. The van der Waals surface area contributed by atoms with Gasteiger partial charge in [-0.1, -0.05) is 44.2 Å². The maximum atomic E-state index is 12.9. The van der Waals surface area contributed by atoms with E-state index < -0.39 is 5.97 Å². The number of aryl methyl sites for hydroxylation is 1. The van der Waals surface area contributed by atoms with Crippen molar-refractivity contribution in [1.29, 1.82) is 0 Å². The molecule has 0 atom stereocenters. The number of halogens is 2. The number of hydrogen-bond donors (Lipinski definition) is 0. The SMILES string of the molecule is CCCCCCCc1cc2sc(C(=O)Oc3ccc(F)cc3)c(Cl)c2s1. The van der Waals surface area contributed by atoms with Gasteiger partial charge in [0, 0.05) is 9.58 Å². The van der Waals surface area contributed by atoms with Crippen LogP contribution in [0, 0.1) is 5.82 Å². The number of rotatable bonds is 8. The van der Waals surface area contributed by atoms with Crippen LogP contribution in [0.3, 0.4) is 0 Å². The summed E-state index contributed by atoms with van der Waals surface area (Å²) < 4.78 is 20.2. The van der Waals surface area contributed by atoms with Crippen LogP contribution in [0.25, 0.3) is 9.40 Å². The summed E-state index contributed by atoms with van der Waals surface area (Å²) in [7, 11) is 0. The van der Waals surface area contributed by atoms with Crippen molar-refractivity contribution < 1.29 is 13.9 Å². The number of ether oxygens (including phenoxy) is 1. The Morgan fingerprint density at radius 1 is 1.12 bits per heavy atom. The summed E-state index contributed by atoms with van der Waals surface area (Å²) in [4.78, 5) is 14.1. The Morgan fingerprint density at radius 2 is 1.85 bits per heavy atom. The van der Waals surface area contributed by atoms with E-state index in [9.17, 15) is 9.18 Å². The van der Waals surface area contributed by atoms with E-state index in [1.54, 1.807) is 11.3 Å². The normalized spacial score (nSPS) is 11.2. The van der Waals surface area contributed by atoms with Crippen LogP contribution < -0.4 is 4.74 Å². The van der Waals surface area contributed by atoms with Crippen molar-refractivity contribution in [2.75, 3.05) is 0 Å². The molecule has 0 amide bonds. The third kappa shape index (κ3) is 4.64. The molecule has 2 nitrogen and oxygen atoms in total. The quantitative estimate of drug-likeness (QED) is 0.218. The van der Waals surface area contributed by atoms with Gasteiger partial charge < -0.3 is 4.74 Å². The molecule has 0 N–H and O–H groups in total. The highest BCUT2D eigenvalue weighted by Crippen LogP contribution is 2.41. The number of thiophene rings is 2. The zero-order valence-corrected chi connectivity index (χ0v) is 16.9. The summed E-state index contributed by atoms with van der Waals surface area (Å²) in [5, 5.41) is 0.458. The minimum absolute atomic E-state index is 0.303. The number of unbranched alkanes of at least 4 members (excludes halogenated alkanes) is 4. The van der Waals surface area contributed by atoms with Crippen LogP contribution in [0.5, 0.6) is 5.75 Å². The van der Waals surface area contributed by atoms with Gasteiger partial charge in [0.25, 0.3) is 0 Å². The lowest BCUT2D eigenvalue weighted by Gasteiger charge is -2.02. The summed E-state index contributed by atoms with van der Waals surface area (Å²) in [6.45, 7) is 2.22. The fraction of sp³-hybridized carbons (Fsp3) is 0.350. The number of hydrogen-bond acceptors (Lipinski definition) is 4. The molecule has 0 saturated heterocycles. The van der Waals surface area contributed by atoms with E-state index in [1.807, 2.05) is 0 Å². The van der Waals surface area contributed by atoms with Crippen molar-refractivity contribution in [3.63, 3.8) is 0 Å². The molecule has 26 heavy (non-hydrogen) atoms. The Hall–Kier alpha value is -1.43. The van der Waals surface area contributed by atoms with E-state index in [1.165, 1.54) is 72.6 Å². The van der Waals surface area contributed by atoms with Crippen molar-refractivity contribution in [1.82, 2.24) is 0 Å². The second kappa shape index (κ2) is 8.98. The van der Waals surface area contributed by atoms with Crippen LogP contribution >= 0.6 is 34.3 Å². The van der Waals surface area contributed by atoms with Gasteiger partial charge in [-0.3, -0.25) is 0 Å². The second-order valence-corrected chi connectivity index (χ2v) is 8.73. The molecule has 0 saturated carbocycles. The first-order valence-corrected chi connectivity index (χ1v) is 10.8. The third-order valence-corrected chi connectivity index (χ3v) is 7.16. The van der Waals surface area contributed by atoms with Crippen molar-refractivity contribution in [2.24, 2.45) is 0 Å². The number of benzene rings is 1. The first-order valence-electron chi connectivity index (χ1n) is 8.77. The molecule has 138 valence electrons. The highest BCUT2D eigenvalue weighted by atomic mass is 35.5. The Labute approximate surface area is 165 Å². The molecule has 0 spiro atoms. The van der Waals surface area contributed by atoms with Gasteiger partial charge >= 0.3 is 5.97 Å². The van der Waals surface area contributed by atoms with E-state index in [0.717, 1.165) is 15.8 Å². The molecule has 0 aliphatic carbocycles. The average Bonchev–Trinajstić information content (AvgIpc) is 3.16. The molecule has 2 aromatic heterocycles. The minimum Gasteiger partial charge on any atom is -0.422 e. The molecule has 0 fully saturated rings. The third-order valence-electron chi connectivity index (χ3n) is 4.10. The monoisotopic (exact) mass is 410 g/mol. The smallest absolute Gasteiger partial charge is 0.355 e. The fourth-order valence-corrected chi connectivity index (χ4v) is 5.55. The zero-order chi connectivity index (χ0) is 18.5. The molecule has 3 aromatic rings. The Morgan fingerprint density at radius 3 is 2.54 bits per heavy atom. The minimum atomic E-state index is -0.504. The van der Waals surface area contributed by atoms with Crippen LogP contribution in [0.2, 0.25) is 5.02 Å². The molecule has 0 unspecified atom stereocenters. The Bertz CT molecular complexity index is 883. The highest BCUT2D eigenvalue weighted by molar-refractivity contribution is 7.29. The van der Waals surface area contributed by atoms with E-state index in [4.69, 9.17) is 16.3 Å². The average molecular weight is 411 g/mol. The Balaban J connectivity index is 1.66. The highest BCUT2D eigenvalue weighted by Gasteiger charge is 2.21. The second-order valence-electron chi connectivity index (χ2n) is 6.16. The number of carbonyl (C=O) groups is 1. The van der Waals surface area contributed by atoms with Gasteiger partial charge in [0.05, 0.1) is 9.72 Å². The van der Waals surface area contributed by atoms with Crippen LogP contribution in [0.15, 0.2) is 30.3 Å². The maximum Gasteiger partial charge on any atom is 0.355 e. The standard InChI is InChI=1S/C20H20ClFO2S2/c1-2-3-4-5-6-7-15-12-16-18(25-15)17(21)19(26-16)20(23)24-14-10-8-13(22)9-11-14/h8-12H,2-7H2,1H3. The van der Waals surface area contributed by atoms with Gasteiger partial charge in [0.15, 0.2) is 0 Å². The molecular weight excluding hydrogens is 391 g/mol. The van der Waals surface area contributed by atoms with Crippen LogP contribution in [-0.4, -0.2) is 5.97 Å². The van der Waals surface area contributed by atoms with Crippen LogP contribution in [-0.2, 0) is 6.42 Å². The maximum absolute atomic E-state index is 12.9. The largest absolute Gasteiger partial charge is 0.422 e. The van der Waals surface area contributed by atoms with E-state index in [0.29, 0.717) is 15.6 Å².